The molecule has 3 heterocycles. The number of furan rings is 1. The molecular formula is C26H13F3N4O2. The summed E-state index contributed by atoms with van der Waals surface area (Å²) in [4.78, 5) is 4.47. The van der Waals surface area contributed by atoms with Gasteiger partial charge in [0.05, 0.1) is 16.8 Å². The van der Waals surface area contributed by atoms with Gasteiger partial charge in [0.2, 0.25) is 0 Å². The summed E-state index contributed by atoms with van der Waals surface area (Å²) >= 11 is 0. The number of pyridine rings is 1. The predicted molar refractivity (Wildman–Crippen MR) is 122 cm³/mol. The Morgan fingerprint density at radius 1 is 0.886 bits per heavy atom. The van der Waals surface area contributed by atoms with Gasteiger partial charge in [0.1, 0.15) is 17.2 Å². The minimum atomic E-state index is -4.86. The Labute approximate surface area is 199 Å². The molecule has 0 unspecified atom stereocenters. The molecule has 0 saturated heterocycles. The van der Waals surface area contributed by atoms with Gasteiger partial charge >= 0.3 is 12.1 Å². The molecule has 0 bridgehead atoms. The molecule has 0 aliphatic heterocycles. The van der Waals surface area contributed by atoms with Crippen LogP contribution >= 0.6 is 0 Å². The van der Waals surface area contributed by atoms with Crippen LogP contribution in [0.1, 0.15) is 21.1 Å². The van der Waals surface area contributed by atoms with Crippen molar-refractivity contribution < 1.29 is 26.1 Å². The van der Waals surface area contributed by atoms with Gasteiger partial charge in [0.25, 0.3) is 5.89 Å². The van der Waals surface area contributed by atoms with Crippen molar-refractivity contribution in [1.82, 2.24) is 15.2 Å². The number of rotatable bonds is 2. The Kier molecular flexibility index (Phi) is 3.75. The second kappa shape index (κ2) is 7.40. The monoisotopic (exact) mass is 473 g/mol. The third-order valence-electron chi connectivity index (χ3n) is 5.72. The molecule has 6 rings (SSSR count). The van der Waals surface area contributed by atoms with Crippen LogP contribution in [-0.4, -0.2) is 15.2 Å². The van der Waals surface area contributed by atoms with Crippen LogP contribution in [-0.2, 0) is 6.18 Å². The third kappa shape index (κ3) is 3.14. The number of hydrogen-bond donors (Lipinski definition) is 0. The summed E-state index contributed by atoms with van der Waals surface area (Å²) in [5, 5.41) is 18.5. The average Bonchev–Trinajstić information content (AvgIpc) is 3.52. The van der Waals surface area contributed by atoms with E-state index in [2.05, 4.69) is 15.2 Å². The molecule has 0 spiro atoms. The fourth-order valence-electron chi connectivity index (χ4n) is 4.20. The van der Waals surface area contributed by atoms with Crippen LogP contribution in [0.2, 0.25) is 0 Å². The number of nitrogens with zero attached hydrogens (tertiary/aromatic N) is 4. The van der Waals surface area contributed by atoms with Gasteiger partial charge in [0.15, 0.2) is 0 Å². The van der Waals surface area contributed by atoms with Crippen LogP contribution < -0.4 is 0 Å². The molecule has 0 amide bonds. The van der Waals surface area contributed by atoms with Gasteiger partial charge in [-0.3, -0.25) is 4.98 Å². The maximum atomic E-state index is 13.1. The van der Waals surface area contributed by atoms with E-state index in [0.29, 0.717) is 38.4 Å². The molecule has 0 fully saturated rings. The first-order chi connectivity index (χ1) is 18.1. The van der Waals surface area contributed by atoms with Crippen molar-refractivity contribution in [1.29, 1.82) is 5.26 Å². The molecule has 0 saturated carbocycles. The van der Waals surface area contributed by atoms with Crippen LogP contribution in [0.5, 0.6) is 0 Å². The first-order valence-electron chi connectivity index (χ1n) is 11.8. The fraction of sp³-hybridized carbons (Fsp3) is 0.0769. The number of nitriles is 1. The van der Waals surface area contributed by atoms with E-state index in [9.17, 15) is 18.4 Å². The molecule has 0 atom stereocenters. The number of hydrogen-bond acceptors (Lipinski definition) is 6. The van der Waals surface area contributed by atoms with Crippen LogP contribution in [0.25, 0.3) is 55.4 Å². The topological polar surface area (TPSA) is 88.7 Å². The van der Waals surface area contributed by atoms with Crippen LogP contribution in [0.4, 0.5) is 13.2 Å². The fourth-order valence-corrected chi connectivity index (χ4v) is 4.20. The van der Waals surface area contributed by atoms with E-state index in [1.54, 1.807) is 48.5 Å². The molecular weight excluding hydrogens is 457 g/mol. The average molecular weight is 473 g/mol. The molecule has 0 aliphatic rings. The highest BCUT2D eigenvalue weighted by atomic mass is 19.4. The molecule has 6 nitrogen and oxygen atoms in total. The van der Waals surface area contributed by atoms with E-state index in [-0.39, 0.29) is 22.3 Å². The second-order valence-electron chi connectivity index (χ2n) is 7.74. The maximum Gasteiger partial charge on any atom is 0.470 e. The van der Waals surface area contributed by atoms with Crippen molar-refractivity contribution in [3.8, 4) is 28.8 Å². The van der Waals surface area contributed by atoms with E-state index >= 15 is 0 Å². The van der Waals surface area contributed by atoms with E-state index in [4.69, 9.17) is 12.9 Å². The highest BCUT2D eigenvalue weighted by molar-refractivity contribution is 6.14. The van der Waals surface area contributed by atoms with Gasteiger partial charge in [-0.1, -0.05) is 36.4 Å². The first kappa shape index (κ1) is 17.7. The van der Waals surface area contributed by atoms with Gasteiger partial charge in [-0.2, -0.15) is 18.4 Å². The molecule has 35 heavy (non-hydrogen) atoms. The zero-order valence-corrected chi connectivity index (χ0v) is 17.5. The zero-order valence-electron chi connectivity index (χ0n) is 20.5. The smallest absolute Gasteiger partial charge is 0.454 e. The van der Waals surface area contributed by atoms with E-state index < -0.39 is 24.8 Å². The summed E-state index contributed by atoms with van der Waals surface area (Å²) in [7, 11) is 0. The summed E-state index contributed by atoms with van der Waals surface area (Å²) in [6.07, 6.45) is -3.55. The molecule has 170 valence electrons. The van der Waals surface area contributed by atoms with Gasteiger partial charge in [-0.25, -0.2) is 0 Å². The number of para-hydroxylation sites is 1. The summed E-state index contributed by atoms with van der Waals surface area (Å²) in [6.45, 7) is -2.38. The summed E-state index contributed by atoms with van der Waals surface area (Å²) in [5.41, 5.74) is 1.44. The highest BCUT2D eigenvalue weighted by Gasteiger charge is 2.39. The first-order valence-corrected chi connectivity index (χ1v) is 10.3. The van der Waals surface area contributed by atoms with Crippen molar-refractivity contribution >= 4 is 32.7 Å². The number of aromatic nitrogens is 3. The van der Waals surface area contributed by atoms with E-state index in [1.165, 1.54) is 12.3 Å². The SMILES string of the molecule is [2H]C([2H])([2H])c1cnc(-c2cccc3c2oc2c(-c4nnc(C(F)(F)F)o4)c(C#N)ccc23)c2ccccc12. The van der Waals surface area contributed by atoms with Crippen molar-refractivity contribution in [3.63, 3.8) is 0 Å². The number of aryl methyl sites for hydroxylation is 1. The lowest BCUT2D eigenvalue weighted by Gasteiger charge is -2.08. The van der Waals surface area contributed by atoms with Crippen molar-refractivity contribution in [2.75, 3.05) is 0 Å². The molecule has 3 aromatic heterocycles. The lowest BCUT2D eigenvalue weighted by molar-refractivity contribution is -0.156. The quantitative estimate of drug-likeness (QED) is 0.268. The Morgan fingerprint density at radius 3 is 2.40 bits per heavy atom. The van der Waals surface area contributed by atoms with Crippen LogP contribution in [0, 0.1) is 18.2 Å². The summed E-state index contributed by atoms with van der Waals surface area (Å²) < 4.78 is 74.1. The zero-order chi connectivity index (χ0) is 26.8. The predicted octanol–water partition coefficient (Wildman–Crippen LogP) is 7.05. The normalized spacial score (nSPS) is 13.6. The van der Waals surface area contributed by atoms with E-state index in [1.807, 2.05) is 6.07 Å². The van der Waals surface area contributed by atoms with Crippen molar-refractivity contribution in [2.24, 2.45) is 0 Å². The highest BCUT2D eigenvalue weighted by Crippen LogP contribution is 2.42. The van der Waals surface area contributed by atoms with Gasteiger partial charge in [-0.15, -0.1) is 10.2 Å². The lowest BCUT2D eigenvalue weighted by atomic mass is 9.99. The Morgan fingerprint density at radius 2 is 1.66 bits per heavy atom. The van der Waals surface area contributed by atoms with Crippen molar-refractivity contribution in [3.05, 3.63) is 77.8 Å². The molecule has 0 aliphatic carbocycles. The Bertz CT molecular complexity index is 1930. The van der Waals surface area contributed by atoms with Crippen LogP contribution in [0.3, 0.4) is 0 Å². The Hall–Kier alpha value is -4.71. The number of alkyl halides is 3. The number of fused-ring (bicyclic) bond motifs is 4. The van der Waals surface area contributed by atoms with Crippen molar-refractivity contribution in [2.45, 2.75) is 13.0 Å². The lowest BCUT2D eigenvalue weighted by Crippen LogP contribution is -2.04. The molecule has 9 heteroatoms. The summed E-state index contributed by atoms with van der Waals surface area (Å²) in [5.74, 6) is -2.05. The molecule has 0 radical (unpaired) electrons. The Balaban J connectivity index is 1.65. The second-order valence-corrected chi connectivity index (χ2v) is 7.74. The van der Waals surface area contributed by atoms with E-state index in [0.717, 1.165) is 0 Å². The molecule has 6 aromatic rings. The number of halogens is 3. The maximum absolute atomic E-state index is 13.1. The summed E-state index contributed by atoms with van der Waals surface area (Å²) in [6, 6.07) is 17.2. The van der Waals surface area contributed by atoms with Gasteiger partial charge < -0.3 is 8.83 Å². The number of benzene rings is 3. The minimum Gasteiger partial charge on any atom is -0.454 e. The minimum absolute atomic E-state index is 0.0129. The van der Waals surface area contributed by atoms with Gasteiger partial charge in [0, 0.05) is 32.0 Å². The molecule has 0 N–H and O–H groups in total. The van der Waals surface area contributed by atoms with Gasteiger partial charge in [-0.05, 0) is 36.0 Å². The largest absolute Gasteiger partial charge is 0.470 e. The standard InChI is InChI=1S/C26H13F3N4O2/c1-13-12-31-21(16-6-3-2-5-15(13)16)19-8-4-7-17-18-10-9-14(11-30)20(23(18)34-22(17)19)24-32-33-25(35-24)26(27,28)29/h2-10,12H,1H3/i1D3. The third-order valence-corrected chi connectivity index (χ3v) is 5.72. The van der Waals surface area contributed by atoms with Crippen LogP contribution in [0.15, 0.2) is 69.6 Å². The molecule has 3 aromatic carbocycles.